The second kappa shape index (κ2) is 7.77. The van der Waals surface area contributed by atoms with E-state index >= 15 is 0 Å². The minimum absolute atomic E-state index is 0.0828. The number of carbonyl (C=O) groups is 1. The lowest BCUT2D eigenvalue weighted by Crippen LogP contribution is -2.22. The molecule has 0 fully saturated rings. The summed E-state index contributed by atoms with van der Waals surface area (Å²) in [6.07, 6.45) is 2.10. The van der Waals surface area contributed by atoms with Crippen molar-refractivity contribution in [1.29, 1.82) is 0 Å². The summed E-state index contributed by atoms with van der Waals surface area (Å²) in [6.45, 7) is 4.68. The smallest absolute Gasteiger partial charge is 0.220 e. The second-order valence-corrected chi connectivity index (χ2v) is 7.37. The Morgan fingerprint density at radius 1 is 1.25 bits per heavy atom. The highest BCUT2D eigenvalue weighted by atomic mass is 32.2. The maximum Gasteiger partial charge on any atom is 0.220 e. The summed E-state index contributed by atoms with van der Waals surface area (Å²) >= 11 is 3.25. The van der Waals surface area contributed by atoms with E-state index in [1.165, 1.54) is 11.1 Å². The van der Waals surface area contributed by atoms with E-state index in [1.807, 2.05) is 6.92 Å². The normalized spacial score (nSPS) is 10.9. The lowest BCUT2D eigenvalue weighted by atomic mass is 10.1. The Kier molecular flexibility index (Phi) is 5.48. The lowest BCUT2D eigenvalue weighted by Gasteiger charge is -2.06. The molecule has 124 valence electrons. The topological polar surface area (TPSA) is 54.9 Å². The predicted molar refractivity (Wildman–Crippen MR) is 102 cm³/mol. The van der Waals surface area contributed by atoms with Gasteiger partial charge in [0, 0.05) is 29.7 Å². The molecule has 6 heteroatoms. The van der Waals surface area contributed by atoms with Crippen LogP contribution in [0.15, 0.2) is 41.0 Å². The average Bonchev–Trinajstić information content (AvgIpc) is 3.01. The van der Waals surface area contributed by atoms with E-state index < -0.39 is 0 Å². The van der Waals surface area contributed by atoms with Crippen molar-refractivity contribution in [1.82, 2.24) is 15.3 Å². The molecule has 4 nitrogen and oxygen atoms in total. The van der Waals surface area contributed by atoms with Crippen molar-refractivity contribution in [2.45, 2.75) is 25.3 Å². The fourth-order valence-electron chi connectivity index (χ4n) is 2.43. The molecule has 0 aliphatic carbocycles. The van der Waals surface area contributed by atoms with Gasteiger partial charge in [-0.15, -0.1) is 23.1 Å². The van der Waals surface area contributed by atoms with Gasteiger partial charge in [0.1, 0.15) is 16.2 Å². The van der Waals surface area contributed by atoms with E-state index in [0.29, 0.717) is 18.7 Å². The maximum atomic E-state index is 11.6. The van der Waals surface area contributed by atoms with Crippen LogP contribution in [0.3, 0.4) is 0 Å². The Morgan fingerprint density at radius 3 is 2.79 bits per heavy atom. The van der Waals surface area contributed by atoms with Crippen LogP contribution in [0, 0.1) is 6.92 Å². The van der Waals surface area contributed by atoms with Gasteiger partial charge >= 0.3 is 0 Å². The molecule has 3 rings (SSSR count). The van der Waals surface area contributed by atoms with E-state index in [9.17, 15) is 4.79 Å². The lowest BCUT2D eigenvalue weighted by molar-refractivity contribution is -0.120. The highest BCUT2D eigenvalue weighted by Crippen LogP contribution is 2.37. The molecule has 0 saturated carbocycles. The van der Waals surface area contributed by atoms with Gasteiger partial charge in [0.05, 0.1) is 5.39 Å². The first-order valence-corrected chi connectivity index (χ1v) is 9.74. The van der Waals surface area contributed by atoms with Gasteiger partial charge in [-0.3, -0.25) is 4.79 Å². The molecule has 0 bridgehead atoms. The van der Waals surface area contributed by atoms with Crippen LogP contribution in [-0.4, -0.2) is 28.2 Å². The van der Waals surface area contributed by atoms with Gasteiger partial charge in [0.2, 0.25) is 5.91 Å². The Labute approximate surface area is 149 Å². The third-order valence-corrected chi connectivity index (χ3v) is 5.52. The largest absolute Gasteiger partial charge is 0.356 e. The van der Waals surface area contributed by atoms with Crippen molar-refractivity contribution in [3.63, 3.8) is 0 Å². The molecule has 1 N–H and O–H groups in total. The summed E-state index contributed by atoms with van der Waals surface area (Å²) in [5.74, 6) is 0.792. The number of aryl methyl sites for hydroxylation is 1. The van der Waals surface area contributed by atoms with Crippen LogP contribution in [0.1, 0.15) is 18.9 Å². The van der Waals surface area contributed by atoms with Crippen molar-refractivity contribution in [3.05, 3.63) is 41.5 Å². The predicted octanol–water partition coefficient (Wildman–Crippen LogP) is 4.29. The number of hydrogen-bond donors (Lipinski definition) is 1. The van der Waals surface area contributed by atoms with Crippen LogP contribution in [0.5, 0.6) is 0 Å². The number of nitrogens with zero attached hydrogens (tertiary/aromatic N) is 2. The number of carbonyl (C=O) groups excluding carboxylic acids is 1. The second-order valence-electron chi connectivity index (χ2n) is 5.43. The summed E-state index contributed by atoms with van der Waals surface area (Å²) in [5.41, 5.74) is 3.58. The van der Waals surface area contributed by atoms with E-state index in [4.69, 9.17) is 0 Å². The summed E-state index contributed by atoms with van der Waals surface area (Å²) in [6, 6.07) is 8.50. The SMILES string of the molecule is CCNC(=O)CCSc1ncnc2scc(-c3ccc(C)cc3)c12. The Bertz CT molecular complexity index is 843. The van der Waals surface area contributed by atoms with Gasteiger partial charge in [-0.2, -0.15) is 0 Å². The van der Waals surface area contributed by atoms with Gasteiger partial charge < -0.3 is 5.32 Å². The quantitative estimate of drug-likeness (QED) is 0.528. The van der Waals surface area contributed by atoms with Crippen molar-refractivity contribution in [2.24, 2.45) is 0 Å². The fourth-order valence-corrected chi connectivity index (χ4v) is 4.36. The first-order chi connectivity index (χ1) is 11.7. The van der Waals surface area contributed by atoms with E-state index in [0.717, 1.165) is 20.8 Å². The van der Waals surface area contributed by atoms with Gasteiger partial charge in [-0.25, -0.2) is 9.97 Å². The van der Waals surface area contributed by atoms with Crippen LogP contribution < -0.4 is 5.32 Å². The maximum absolute atomic E-state index is 11.6. The summed E-state index contributed by atoms with van der Waals surface area (Å²) < 4.78 is 0. The molecule has 0 radical (unpaired) electrons. The summed E-state index contributed by atoms with van der Waals surface area (Å²) in [7, 11) is 0. The van der Waals surface area contributed by atoms with Gasteiger partial charge in [-0.05, 0) is 19.4 Å². The number of benzene rings is 1. The monoisotopic (exact) mass is 357 g/mol. The minimum Gasteiger partial charge on any atom is -0.356 e. The minimum atomic E-state index is 0.0828. The average molecular weight is 358 g/mol. The van der Waals surface area contributed by atoms with Crippen molar-refractivity contribution in [3.8, 4) is 11.1 Å². The Hall–Kier alpha value is -1.92. The molecule has 0 spiro atoms. The standard InChI is InChI=1S/C18H19N3OS2/c1-3-19-15(22)8-9-23-17-16-14(10-24-18(16)21-11-20-17)13-6-4-12(2)5-7-13/h4-7,10-11H,3,8-9H2,1-2H3,(H,19,22). The van der Waals surface area contributed by atoms with Gasteiger partial charge in [-0.1, -0.05) is 29.8 Å². The van der Waals surface area contributed by atoms with Crippen LogP contribution in [0.2, 0.25) is 0 Å². The molecule has 2 heterocycles. The zero-order valence-electron chi connectivity index (χ0n) is 13.7. The third kappa shape index (κ3) is 3.76. The zero-order valence-corrected chi connectivity index (χ0v) is 15.3. The molecule has 1 amide bonds. The number of rotatable bonds is 6. The summed E-state index contributed by atoms with van der Waals surface area (Å²) in [5, 5.41) is 7.00. The van der Waals surface area contributed by atoms with Gasteiger partial charge in [0.25, 0.3) is 0 Å². The Balaban J connectivity index is 1.87. The highest BCUT2D eigenvalue weighted by Gasteiger charge is 2.13. The van der Waals surface area contributed by atoms with E-state index in [1.54, 1.807) is 29.4 Å². The zero-order chi connectivity index (χ0) is 16.9. The first kappa shape index (κ1) is 16.9. The van der Waals surface area contributed by atoms with Crippen LogP contribution in [0.4, 0.5) is 0 Å². The van der Waals surface area contributed by atoms with Crippen LogP contribution in [-0.2, 0) is 4.79 Å². The highest BCUT2D eigenvalue weighted by molar-refractivity contribution is 7.99. The van der Waals surface area contributed by atoms with Gasteiger partial charge in [0.15, 0.2) is 0 Å². The van der Waals surface area contributed by atoms with E-state index in [-0.39, 0.29) is 5.91 Å². The fraction of sp³-hybridized carbons (Fsp3) is 0.278. The number of aromatic nitrogens is 2. The number of thiophene rings is 1. The number of thioether (sulfide) groups is 1. The number of fused-ring (bicyclic) bond motifs is 1. The molecule has 0 atom stereocenters. The molecular formula is C18H19N3OS2. The summed E-state index contributed by atoms with van der Waals surface area (Å²) in [4.78, 5) is 21.4. The Morgan fingerprint density at radius 2 is 2.04 bits per heavy atom. The molecule has 0 aliphatic rings. The molecule has 0 saturated heterocycles. The van der Waals surface area contributed by atoms with Crippen molar-refractivity contribution in [2.75, 3.05) is 12.3 Å². The first-order valence-electron chi connectivity index (χ1n) is 7.87. The number of amides is 1. The van der Waals surface area contributed by atoms with E-state index in [2.05, 4.69) is 51.9 Å². The molecule has 3 aromatic rings. The number of hydrogen-bond acceptors (Lipinski definition) is 5. The molecule has 0 aliphatic heterocycles. The van der Waals surface area contributed by atoms with Crippen molar-refractivity contribution < 1.29 is 4.79 Å². The van der Waals surface area contributed by atoms with Crippen molar-refractivity contribution >= 4 is 39.2 Å². The third-order valence-electron chi connectivity index (χ3n) is 3.64. The molecule has 1 aromatic carbocycles. The molecule has 2 aromatic heterocycles. The molecular weight excluding hydrogens is 338 g/mol. The molecule has 24 heavy (non-hydrogen) atoms. The van der Waals surface area contributed by atoms with Crippen LogP contribution in [0.25, 0.3) is 21.3 Å². The van der Waals surface area contributed by atoms with Crippen LogP contribution >= 0.6 is 23.1 Å². The number of nitrogens with one attached hydrogen (secondary N) is 1. The molecule has 0 unspecified atom stereocenters.